The second-order valence-electron chi connectivity index (χ2n) is 2.26. The Labute approximate surface area is 71.8 Å². The minimum atomic E-state index is 0.123. The molecule has 12 heavy (non-hydrogen) atoms. The van der Waals surface area contributed by atoms with Gasteiger partial charge in [0, 0.05) is 5.56 Å². The fourth-order valence-corrected chi connectivity index (χ4v) is 0.912. The molecule has 0 amide bonds. The first-order valence-electron chi connectivity index (χ1n) is 3.57. The van der Waals surface area contributed by atoms with E-state index in [1.807, 2.05) is 0 Å². The highest BCUT2D eigenvalue weighted by atomic mass is 16.5. The predicted octanol–water partition coefficient (Wildman–Crippen LogP) is 1.77. The number of benzene rings is 1. The molecule has 0 aliphatic heterocycles. The van der Waals surface area contributed by atoms with Crippen molar-refractivity contribution in [1.82, 2.24) is 0 Å². The van der Waals surface area contributed by atoms with Crippen LogP contribution in [0.1, 0.15) is 12.5 Å². The number of hydrogen-bond acceptors (Lipinski definition) is 2. The van der Waals surface area contributed by atoms with Gasteiger partial charge in [-0.25, -0.2) is 0 Å². The molecule has 0 saturated heterocycles. The van der Waals surface area contributed by atoms with E-state index < -0.39 is 0 Å². The molecule has 0 unspecified atom stereocenters. The van der Waals surface area contributed by atoms with E-state index in [9.17, 15) is 5.11 Å². The van der Waals surface area contributed by atoms with Crippen LogP contribution in [0.15, 0.2) is 18.2 Å². The van der Waals surface area contributed by atoms with Gasteiger partial charge in [0.25, 0.3) is 0 Å². The Morgan fingerprint density at radius 2 is 2.17 bits per heavy atom. The zero-order valence-electron chi connectivity index (χ0n) is 7.09. The molecule has 1 N–H and O–H groups in total. The lowest BCUT2D eigenvalue weighted by molar-refractivity contribution is 0.373. The standard InChI is InChI=1S/C10H10O2/c1-3-4-8-5-6-10(12-2)9(11)7-8/h5-7,11H,1-2H3. The Bertz CT molecular complexity index is 331. The van der Waals surface area contributed by atoms with Gasteiger partial charge in [-0.05, 0) is 25.1 Å². The normalized spacial score (nSPS) is 8.50. The zero-order chi connectivity index (χ0) is 8.97. The molecule has 0 aromatic heterocycles. The third kappa shape index (κ3) is 1.70. The third-order valence-corrected chi connectivity index (χ3v) is 1.45. The first-order chi connectivity index (χ1) is 5.77. The zero-order valence-corrected chi connectivity index (χ0v) is 7.09. The number of phenols is 1. The lowest BCUT2D eigenvalue weighted by Gasteiger charge is -2.01. The summed E-state index contributed by atoms with van der Waals surface area (Å²) in [4.78, 5) is 0. The molecule has 0 saturated carbocycles. The van der Waals surface area contributed by atoms with Gasteiger partial charge < -0.3 is 9.84 Å². The second-order valence-corrected chi connectivity index (χ2v) is 2.26. The molecular weight excluding hydrogens is 152 g/mol. The maximum absolute atomic E-state index is 9.33. The summed E-state index contributed by atoms with van der Waals surface area (Å²) in [6.45, 7) is 1.75. The molecule has 0 fully saturated rings. The lowest BCUT2D eigenvalue weighted by Crippen LogP contribution is -1.83. The largest absolute Gasteiger partial charge is 0.504 e. The first-order valence-corrected chi connectivity index (χ1v) is 3.57. The number of rotatable bonds is 1. The number of methoxy groups -OCH3 is 1. The van der Waals surface area contributed by atoms with E-state index in [-0.39, 0.29) is 5.75 Å². The van der Waals surface area contributed by atoms with Gasteiger partial charge in [-0.2, -0.15) is 0 Å². The van der Waals surface area contributed by atoms with E-state index in [0.717, 1.165) is 5.56 Å². The van der Waals surface area contributed by atoms with Gasteiger partial charge in [0.1, 0.15) is 0 Å². The molecule has 0 heterocycles. The van der Waals surface area contributed by atoms with Crippen LogP contribution in [0.4, 0.5) is 0 Å². The maximum Gasteiger partial charge on any atom is 0.160 e. The Hall–Kier alpha value is -1.62. The fourth-order valence-electron chi connectivity index (χ4n) is 0.912. The van der Waals surface area contributed by atoms with Gasteiger partial charge in [-0.15, -0.1) is 5.92 Å². The van der Waals surface area contributed by atoms with Crippen molar-refractivity contribution in [3.63, 3.8) is 0 Å². The Balaban J connectivity index is 3.07. The van der Waals surface area contributed by atoms with Crippen LogP contribution in [0.2, 0.25) is 0 Å². The molecule has 1 aromatic rings. The first kappa shape index (κ1) is 8.48. The smallest absolute Gasteiger partial charge is 0.160 e. The minimum absolute atomic E-state index is 0.123. The van der Waals surface area contributed by atoms with Crippen LogP contribution >= 0.6 is 0 Å². The van der Waals surface area contributed by atoms with Crippen molar-refractivity contribution in [3.05, 3.63) is 23.8 Å². The topological polar surface area (TPSA) is 29.5 Å². The predicted molar refractivity (Wildman–Crippen MR) is 47.2 cm³/mol. The average molecular weight is 162 g/mol. The van der Waals surface area contributed by atoms with Gasteiger partial charge in [0.2, 0.25) is 0 Å². The van der Waals surface area contributed by atoms with E-state index in [1.165, 1.54) is 7.11 Å². The molecule has 1 aromatic carbocycles. The quantitative estimate of drug-likeness (QED) is 0.638. The third-order valence-electron chi connectivity index (χ3n) is 1.45. The summed E-state index contributed by atoms with van der Waals surface area (Å²) in [7, 11) is 1.51. The summed E-state index contributed by atoms with van der Waals surface area (Å²) in [5.41, 5.74) is 0.788. The molecule has 0 radical (unpaired) electrons. The van der Waals surface area contributed by atoms with Crippen molar-refractivity contribution in [1.29, 1.82) is 0 Å². The van der Waals surface area contributed by atoms with Gasteiger partial charge in [-0.1, -0.05) is 5.92 Å². The number of phenolic OH excluding ortho intramolecular Hbond substituents is 1. The average Bonchev–Trinajstić information content (AvgIpc) is 2.05. The van der Waals surface area contributed by atoms with Crippen molar-refractivity contribution in [2.45, 2.75) is 6.92 Å². The van der Waals surface area contributed by atoms with Gasteiger partial charge in [-0.3, -0.25) is 0 Å². The number of ether oxygens (including phenoxy) is 1. The van der Waals surface area contributed by atoms with Crippen LogP contribution < -0.4 is 4.74 Å². The molecule has 2 nitrogen and oxygen atoms in total. The van der Waals surface area contributed by atoms with Gasteiger partial charge in [0.05, 0.1) is 7.11 Å². The van der Waals surface area contributed by atoms with Crippen molar-refractivity contribution in [3.8, 4) is 23.3 Å². The molecule has 62 valence electrons. The highest BCUT2D eigenvalue weighted by Crippen LogP contribution is 2.25. The summed E-state index contributed by atoms with van der Waals surface area (Å²) in [6, 6.07) is 5.07. The van der Waals surface area contributed by atoms with Crippen LogP contribution in [0, 0.1) is 11.8 Å². The summed E-state index contributed by atoms with van der Waals surface area (Å²) in [5, 5.41) is 9.33. The summed E-state index contributed by atoms with van der Waals surface area (Å²) in [5.74, 6) is 6.17. The van der Waals surface area contributed by atoms with Crippen LogP contribution in [0.25, 0.3) is 0 Å². The Morgan fingerprint density at radius 1 is 1.42 bits per heavy atom. The van der Waals surface area contributed by atoms with E-state index >= 15 is 0 Å². The number of aromatic hydroxyl groups is 1. The van der Waals surface area contributed by atoms with Crippen molar-refractivity contribution in [2.24, 2.45) is 0 Å². The molecule has 0 aliphatic carbocycles. The van der Waals surface area contributed by atoms with Gasteiger partial charge in [0.15, 0.2) is 11.5 Å². The lowest BCUT2D eigenvalue weighted by atomic mass is 10.2. The maximum atomic E-state index is 9.33. The van der Waals surface area contributed by atoms with E-state index in [2.05, 4.69) is 11.8 Å². The molecule has 0 spiro atoms. The van der Waals surface area contributed by atoms with Crippen LogP contribution in [-0.2, 0) is 0 Å². The molecule has 1 rings (SSSR count). The summed E-state index contributed by atoms with van der Waals surface area (Å²) < 4.78 is 4.88. The monoisotopic (exact) mass is 162 g/mol. The minimum Gasteiger partial charge on any atom is -0.504 e. The summed E-state index contributed by atoms with van der Waals surface area (Å²) >= 11 is 0. The highest BCUT2D eigenvalue weighted by molar-refractivity contribution is 5.47. The fraction of sp³-hybridized carbons (Fsp3) is 0.200. The Morgan fingerprint density at radius 3 is 2.67 bits per heavy atom. The molecule has 0 aliphatic rings. The van der Waals surface area contributed by atoms with E-state index in [0.29, 0.717) is 5.75 Å². The molecule has 2 heteroatoms. The molecular formula is C10H10O2. The van der Waals surface area contributed by atoms with Gasteiger partial charge >= 0.3 is 0 Å². The van der Waals surface area contributed by atoms with Crippen LogP contribution in [0.3, 0.4) is 0 Å². The molecule has 0 atom stereocenters. The van der Waals surface area contributed by atoms with E-state index in [1.54, 1.807) is 25.1 Å². The molecule has 0 bridgehead atoms. The van der Waals surface area contributed by atoms with E-state index in [4.69, 9.17) is 4.74 Å². The Kier molecular flexibility index (Phi) is 2.60. The van der Waals surface area contributed by atoms with Crippen LogP contribution in [0.5, 0.6) is 11.5 Å². The number of hydrogen-bond donors (Lipinski definition) is 1. The summed E-state index contributed by atoms with van der Waals surface area (Å²) in [6.07, 6.45) is 0. The van der Waals surface area contributed by atoms with Crippen molar-refractivity contribution >= 4 is 0 Å². The van der Waals surface area contributed by atoms with Crippen molar-refractivity contribution in [2.75, 3.05) is 7.11 Å². The SMILES string of the molecule is CC#Cc1ccc(OC)c(O)c1. The highest BCUT2D eigenvalue weighted by Gasteiger charge is 1.99. The van der Waals surface area contributed by atoms with Crippen molar-refractivity contribution < 1.29 is 9.84 Å². The van der Waals surface area contributed by atoms with Crippen LogP contribution in [-0.4, -0.2) is 12.2 Å². The second kappa shape index (κ2) is 3.68.